The molecule has 10 heteroatoms. The fourth-order valence-electron chi connectivity index (χ4n) is 3.59. The summed E-state index contributed by atoms with van der Waals surface area (Å²) in [5.41, 5.74) is 0.370. The number of nitriles is 1. The van der Waals surface area contributed by atoms with Gasteiger partial charge in [0.15, 0.2) is 5.16 Å². The number of pyridine rings is 1. The number of thiophene rings is 1. The molecule has 0 N–H and O–H groups in total. The minimum atomic E-state index is -0.644. The van der Waals surface area contributed by atoms with E-state index >= 15 is 0 Å². The number of aryl methyl sites for hydroxylation is 1. The molecule has 0 saturated carbocycles. The van der Waals surface area contributed by atoms with Gasteiger partial charge in [0.1, 0.15) is 15.9 Å². The van der Waals surface area contributed by atoms with Gasteiger partial charge in [0.25, 0.3) is 5.56 Å². The Hall–Kier alpha value is -3.03. The Morgan fingerprint density at radius 2 is 2.30 bits per heavy atom. The lowest BCUT2D eigenvalue weighted by Crippen LogP contribution is -2.23. The van der Waals surface area contributed by atoms with E-state index in [1.54, 1.807) is 28.0 Å². The number of hydrogen-bond acceptors (Lipinski definition) is 8. The average molecular weight is 440 g/mol. The third-order valence-electron chi connectivity index (χ3n) is 5.04. The van der Waals surface area contributed by atoms with Crippen molar-refractivity contribution >= 4 is 39.0 Å². The van der Waals surface area contributed by atoms with Crippen LogP contribution in [0.1, 0.15) is 29.5 Å². The molecule has 0 spiro atoms. The Kier molecular flexibility index (Phi) is 5.40. The van der Waals surface area contributed by atoms with Crippen molar-refractivity contribution < 1.29 is 4.92 Å². The maximum absolute atomic E-state index is 13.3. The third-order valence-corrected chi connectivity index (χ3v) is 7.12. The summed E-state index contributed by atoms with van der Waals surface area (Å²) in [7, 11) is 0. The molecule has 4 rings (SSSR count). The van der Waals surface area contributed by atoms with Crippen LogP contribution in [0, 0.1) is 27.4 Å². The molecule has 0 fully saturated rings. The molecule has 30 heavy (non-hydrogen) atoms. The summed E-state index contributed by atoms with van der Waals surface area (Å²) in [5, 5.41) is 21.7. The SMILES string of the molecule is C=CCn1c(Sc2ccc([N+](=O)[O-])c(C#N)n2)nc2sc3c(c2c1=O)CCC(C)C3. The van der Waals surface area contributed by atoms with E-state index < -0.39 is 4.92 Å². The summed E-state index contributed by atoms with van der Waals surface area (Å²) < 4.78 is 1.54. The van der Waals surface area contributed by atoms with Gasteiger partial charge in [-0.3, -0.25) is 19.5 Å². The number of nitrogens with zero attached hydrogens (tertiary/aromatic N) is 5. The van der Waals surface area contributed by atoms with Crippen LogP contribution < -0.4 is 5.56 Å². The third kappa shape index (κ3) is 3.51. The van der Waals surface area contributed by atoms with E-state index in [1.807, 2.05) is 0 Å². The zero-order valence-electron chi connectivity index (χ0n) is 16.1. The van der Waals surface area contributed by atoms with Gasteiger partial charge in [-0.1, -0.05) is 13.0 Å². The molecule has 1 atom stereocenters. The van der Waals surface area contributed by atoms with Crippen LogP contribution in [-0.4, -0.2) is 19.5 Å². The van der Waals surface area contributed by atoms with E-state index in [1.165, 1.54) is 17.0 Å². The Bertz CT molecular complexity index is 1290. The van der Waals surface area contributed by atoms with Crippen LogP contribution in [0.15, 0.2) is 39.8 Å². The predicted molar refractivity (Wildman–Crippen MR) is 115 cm³/mol. The minimum Gasteiger partial charge on any atom is -0.283 e. The van der Waals surface area contributed by atoms with Crippen molar-refractivity contribution in [2.24, 2.45) is 5.92 Å². The molecule has 0 aliphatic heterocycles. The second-order valence-electron chi connectivity index (χ2n) is 7.12. The maximum Gasteiger partial charge on any atom is 0.305 e. The summed E-state index contributed by atoms with van der Waals surface area (Å²) in [6.45, 7) is 6.24. The minimum absolute atomic E-state index is 0.114. The standard InChI is InChI=1S/C20H17N5O3S2/c1-3-8-24-19(26)17-12-5-4-11(2)9-15(12)29-18(17)23-20(24)30-16-7-6-14(25(27)28)13(10-21)22-16/h3,6-7,11H,1,4-5,8-9H2,2H3. The van der Waals surface area contributed by atoms with Gasteiger partial charge in [-0.2, -0.15) is 5.26 Å². The largest absolute Gasteiger partial charge is 0.305 e. The molecule has 1 aliphatic rings. The summed E-state index contributed by atoms with van der Waals surface area (Å²) in [5.74, 6) is 0.587. The molecule has 0 bridgehead atoms. The van der Waals surface area contributed by atoms with Crippen molar-refractivity contribution in [2.45, 2.75) is 42.9 Å². The highest BCUT2D eigenvalue weighted by Gasteiger charge is 2.25. The van der Waals surface area contributed by atoms with E-state index in [2.05, 4.69) is 18.5 Å². The number of allylic oxidation sites excluding steroid dienone is 1. The molecule has 0 aromatic carbocycles. The zero-order chi connectivity index (χ0) is 21.4. The number of rotatable bonds is 5. The molecular weight excluding hydrogens is 422 g/mol. The predicted octanol–water partition coefficient (Wildman–Crippen LogP) is 4.09. The quantitative estimate of drug-likeness (QED) is 0.254. The summed E-state index contributed by atoms with van der Waals surface area (Å²) >= 11 is 2.66. The number of nitro groups is 1. The van der Waals surface area contributed by atoms with Gasteiger partial charge in [0, 0.05) is 17.5 Å². The van der Waals surface area contributed by atoms with Crippen LogP contribution in [0.4, 0.5) is 5.69 Å². The van der Waals surface area contributed by atoms with Gasteiger partial charge in [0.2, 0.25) is 5.69 Å². The first kappa shape index (κ1) is 20.3. The first-order valence-corrected chi connectivity index (χ1v) is 11.0. The van der Waals surface area contributed by atoms with Gasteiger partial charge in [-0.05, 0) is 48.6 Å². The zero-order valence-corrected chi connectivity index (χ0v) is 17.8. The van der Waals surface area contributed by atoms with Gasteiger partial charge in [-0.15, -0.1) is 17.9 Å². The first-order chi connectivity index (χ1) is 14.4. The Morgan fingerprint density at radius 3 is 3.00 bits per heavy atom. The van der Waals surface area contributed by atoms with E-state index in [9.17, 15) is 20.2 Å². The topological polar surface area (TPSA) is 115 Å². The lowest BCUT2D eigenvalue weighted by molar-refractivity contribution is -0.385. The lowest BCUT2D eigenvalue weighted by Gasteiger charge is -2.17. The van der Waals surface area contributed by atoms with Crippen molar-refractivity contribution in [3.63, 3.8) is 0 Å². The fourth-order valence-corrected chi connectivity index (χ4v) is 5.88. The van der Waals surface area contributed by atoms with E-state index in [-0.39, 0.29) is 23.5 Å². The molecule has 152 valence electrons. The van der Waals surface area contributed by atoms with Crippen molar-refractivity contribution in [3.05, 3.63) is 61.4 Å². The van der Waals surface area contributed by atoms with E-state index in [0.717, 1.165) is 36.6 Å². The molecule has 3 aromatic rings. The normalized spacial score (nSPS) is 15.5. The van der Waals surface area contributed by atoms with Crippen LogP contribution >= 0.6 is 23.1 Å². The molecule has 0 amide bonds. The van der Waals surface area contributed by atoms with Crippen LogP contribution in [0.2, 0.25) is 0 Å². The lowest BCUT2D eigenvalue weighted by atomic mass is 9.89. The molecule has 3 aromatic heterocycles. The highest BCUT2D eigenvalue weighted by molar-refractivity contribution is 7.99. The second-order valence-corrected chi connectivity index (χ2v) is 9.19. The first-order valence-electron chi connectivity index (χ1n) is 9.32. The second kappa shape index (κ2) is 8.01. The van der Waals surface area contributed by atoms with Gasteiger partial charge < -0.3 is 0 Å². The fraction of sp³-hybridized carbons (Fsp3) is 0.300. The van der Waals surface area contributed by atoms with Gasteiger partial charge in [-0.25, -0.2) is 9.97 Å². The molecule has 3 heterocycles. The maximum atomic E-state index is 13.3. The summed E-state index contributed by atoms with van der Waals surface area (Å²) in [6.07, 6.45) is 4.52. The smallest absolute Gasteiger partial charge is 0.283 e. The van der Waals surface area contributed by atoms with Crippen molar-refractivity contribution in [1.29, 1.82) is 5.26 Å². The Balaban J connectivity index is 1.84. The molecule has 0 radical (unpaired) electrons. The Labute approximate surface area is 180 Å². The van der Waals surface area contributed by atoms with Crippen molar-refractivity contribution in [2.75, 3.05) is 0 Å². The van der Waals surface area contributed by atoms with Crippen LogP contribution in [0.3, 0.4) is 0 Å². The monoisotopic (exact) mass is 439 g/mol. The number of aromatic nitrogens is 3. The molecule has 0 saturated heterocycles. The highest BCUT2D eigenvalue weighted by Crippen LogP contribution is 2.37. The van der Waals surface area contributed by atoms with Crippen LogP contribution in [-0.2, 0) is 19.4 Å². The van der Waals surface area contributed by atoms with Crippen LogP contribution in [0.25, 0.3) is 10.2 Å². The summed E-state index contributed by atoms with van der Waals surface area (Å²) in [6, 6.07) is 4.45. The van der Waals surface area contributed by atoms with E-state index in [4.69, 9.17) is 4.98 Å². The van der Waals surface area contributed by atoms with Gasteiger partial charge >= 0.3 is 5.69 Å². The molecular formula is C20H17N5O3S2. The molecule has 8 nitrogen and oxygen atoms in total. The molecule has 1 unspecified atom stereocenters. The van der Waals surface area contributed by atoms with Gasteiger partial charge in [0.05, 0.1) is 10.3 Å². The molecule has 1 aliphatic carbocycles. The average Bonchev–Trinajstić information content (AvgIpc) is 3.07. The van der Waals surface area contributed by atoms with Crippen LogP contribution in [0.5, 0.6) is 0 Å². The van der Waals surface area contributed by atoms with E-state index in [0.29, 0.717) is 26.3 Å². The van der Waals surface area contributed by atoms with Crippen molar-refractivity contribution in [3.8, 4) is 6.07 Å². The number of hydrogen-bond donors (Lipinski definition) is 0. The van der Waals surface area contributed by atoms with Crippen molar-refractivity contribution in [1.82, 2.24) is 14.5 Å². The highest BCUT2D eigenvalue weighted by atomic mass is 32.2. The Morgan fingerprint density at radius 1 is 1.50 bits per heavy atom. The number of fused-ring (bicyclic) bond motifs is 3. The summed E-state index contributed by atoms with van der Waals surface area (Å²) in [4.78, 5) is 34.4.